The first-order chi connectivity index (χ1) is 28.3. The van der Waals surface area contributed by atoms with Crippen LogP contribution in [-0.4, -0.2) is 0 Å². The van der Waals surface area contributed by atoms with Gasteiger partial charge < -0.3 is 4.42 Å². The van der Waals surface area contributed by atoms with Gasteiger partial charge in [0.1, 0.15) is 11.2 Å². The molecule has 0 spiro atoms. The van der Waals surface area contributed by atoms with Gasteiger partial charge in [0.25, 0.3) is 0 Å². The zero-order valence-corrected chi connectivity index (χ0v) is 31.4. The summed E-state index contributed by atoms with van der Waals surface area (Å²) in [5, 5.41) is 10.8. The van der Waals surface area contributed by atoms with Crippen LogP contribution in [0.3, 0.4) is 0 Å². The van der Waals surface area contributed by atoms with E-state index >= 15 is 0 Å². The Kier molecular flexibility index (Phi) is 7.61. The number of hydrogen-bond donors (Lipinski definition) is 0. The van der Waals surface area contributed by atoms with Gasteiger partial charge in [0.05, 0.1) is 5.56 Å². The van der Waals surface area contributed by atoms with Gasteiger partial charge >= 0.3 is 6.18 Å². The van der Waals surface area contributed by atoms with E-state index in [1.54, 1.807) is 12.1 Å². The highest BCUT2D eigenvalue weighted by atomic mass is 19.4. The summed E-state index contributed by atoms with van der Waals surface area (Å²) in [4.78, 5) is 0. The molecule has 0 radical (unpaired) electrons. The third-order valence-electron chi connectivity index (χ3n) is 11.8. The Balaban J connectivity index is 1.14. The Morgan fingerprint density at radius 1 is 0.362 bits per heavy atom. The molecule has 0 unspecified atom stereocenters. The topological polar surface area (TPSA) is 13.1 Å². The zero-order chi connectivity index (χ0) is 39.1. The quantitative estimate of drug-likeness (QED) is 0.163. The van der Waals surface area contributed by atoms with Crippen molar-refractivity contribution in [1.82, 2.24) is 0 Å². The highest BCUT2D eigenvalue weighted by Gasteiger charge is 2.30. The van der Waals surface area contributed by atoms with Gasteiger partial charge in [0, 0.05) is 10.8 Å². The maximum absolute atomic E-state index is 13.6. The summed E-state index contributed by atoms with van der Waals surface area (Å²) in [6.45, 7) is 2.12. The van der Waals surface area contributed by atoms with E-state index in [1.807, 2.05) is 30.3 Å². The van der Waals surface area contributed by atoms with Crippen molar-refractivity contribution >= 4 is 65.0 Å². The van der Waals surface area contributed by atoms with Crippen molar-refractivity contribution in [2.75, 3.05) is 0 Å². The van der Waals surface area contributed by atoms with Gasteiger partial charge in [-0.05, 0) is 125 Å². The highest BCUT2D eigenvalue weighted by Crippen LogP contribution is 2.49. The normalized spacial score (nSPS) is 12.1. The molecule has 0 aliphatic heterocycles. The van der Waals surface area contributed by atoms with Crippen molar-refractivity contribution in [1.29, 1.82) is 0 Å². The number of halogens is 3. The Hall–Kier alpha value is -7.17. The van der Waals surface area contributed by atoms with Crippen LogP contribution in [0.25, 0.3) is 110 Å². The van der Waals surface area contributed by atoms with E-state index < -0.39 is 11.7 Å². The zero-order valence-electron chi connectivity index (χ0n) is 31.4. The van der Waals surface area contributed by atoms with E-state index in [0.29, 0.717) is 0 Å². The van der Waals surface area contributed by atoms with Crippen LogP contribution in [0.15, 0.2) is 186 Å². The van der Waals surface area contributed by atoms with E-state index in [2.05, 4.69) is 134 Å². The minimum absolute atomic E-state index is 0.663. The second-order valence-electron chi connectivity index (χ2n) is 15.1. The Morgan fingerprint density at radius 3 is 1.24 bits per heavy atom. The van der Waals surface area contributed by atoms with Crippen LogP contribution in [0.5, 0.6) is 0 Å². The van der Waals surface area contributed by atoms with Crippen molar-refractivity contribution in [2.45, 2.75) is 13.1 Å². The number of fused-ring (bicyclic) bond motifs is 7. The third kappa shape index (κ3) is 5.25. The third-order valence-corrected chi connectivity index (χ3v) is 11.8. The summed E-state index contributed by atoms with van der Waals surface area (Å²) in [6, 6.07) is 60.9. The minimum Gasteiger partial charge on any atom is -0.456 e. The van der Waals surface area contributed by atoms with Gasteiger partial charge in [-0.3, -0.25) is 0 Å². The van der Waals surface area contributed by atoms with Gasteiger partial charge in [0.15, 0.2) is 0 Å². The molecular weight excluding hydrogens is 722 g/mol. The van der Waals surface area contributed by atoms with Crippen LogP contribution in [0.2, 0.25) is 0 Å². The summed E-state index contributed by atoms with van der Waals surface area (Å²) in [7, 11) is 0. The van der Waals surface area contributed by atoms with Crippen molar-refractivity contribution < 1.29 is 17.6 Å². The molecule has 0 aliphatic rings. The molecule has 1 heterocycles. The fraction of sp³-hybridized carbons (Fsp3) is 0.0370. The predicted molar refractivity (Wildman–Crippen MR) is 235 cm³/mol. The predicted octanol–water partition coefficient (Wildman–Crippen LogP) is 16.2. The molecule has 0 aliphatic carbocycles. The monoisotopic (exact) mass is 754 g/mol. The van der Waals surface area contributed by atoms with Crippen molar-refractivity contribution in [2.24, 2.45) is 0 Å². The van der Waals surface area contributed by atoms with Crippen molar-refractivity contribution in [3.05, 3.63) is 193 Å². The first kappa shape index (κ1) is 34.1. The standard InChI is InChI=1S/C54H33F3O/c1-32-21-23-33(24-22-32)49-41-15-6-8-17-43(41)52(44-18-9-7-16-42(44)49)46-19-10-20-47-53(46)45-30-27-35(31-48(45)58-47)51-39-13-4-2-11-37(39)50(38-12-3-5-14-40(38)51)34-25-28-36(29-26-34)54(55,56)57/h2-31H,1H3. The number of alkyl halides is 3. The minimum atomic E-state index is -4.41. The fourth-order valence-corrected chi connectivity index (χ4v) is 9.22. The first-order valence-corrected chi connectivity index (χ1v) is 19.4. The average molecular weight is 755 g/mol. The van der Waals surface area contributed by atoms with E-state index in [4.69, 9.17) is 4.42 Å². The van der Waals surface area contributed by atoms with Gasteiger partial charge in [0.2, 0.25) is 0 Å². The molecule has 0 saturated carbocycles. The molecular formula is C54H33F3O. The second-order valence-corrected chi connectivity index (χ2v) is 15.1. The maximum atomic E-state index is 13.6. The molecule has 276 valence electrons. The molecule has 4 heteroatoms. The van der Waals surface area contributed by atoms with E-state index in [0.717, 1.165) is 71.3 Å². The molecule has 0 saturated heterocycles. The maximum Gasteiger partial charge on any atom is 0.416 e. The molecule has 0 amide bonds. The lowest BCUT2D eigenvalue weighted by Crippen LogP contribution is -2.04. The number of aryl methyl sites for hydroxylation is 1. The lowest BCUT2D eigenvalue weighted by atomic mass is 9.84. The number of hydrogen-bond acceptors (Lipinski definition) is 1. The van der Waals surface area contributed by atoms with Gasteiger partial charge in [-0.1, -0.05) is 157 Å². The molecule has 0 fully saturated rings. The molecule has 0 atom stereocenters. The van der Waals surface area contributed by atoms with Crippen LogP contribution in [-0.2, 0) is 6.18 Å². The highest BCUT2D eigenvalue weighted by molar-refractivity contribution is 6.26. The summed E-state index contributed by atoms with van der Waals surface area (Å²) < 4.78 is 47.4. The lowest BCUT2D eigenvalue weighted by Gasteiger charge is -2.18. The summed E-state index contributed by atoms with van der Waals surface area (Å²) >= 11 is 0. The molecule has 0 bridgehead atoms. The molecule has 11 rings (SSSR count). The largest absolute Gasteiger partial charge is 0.456 e. The molecule has 58 heavy (non-hydrogen) atoms. The Morgan fingerprint density at radius 2 is 0.776 bits per heavy atom. The number of furan rings is 1. The number of benzene rings is 10. The molecule has 1 nitrogen and oxygen atoms in total. The Labute approximate surface area is 332 Å². The summed E-state index contributed by atoms with van der Waals surface area (Å²) in [6.07, 6.45) is -4.41. The second kappa shape index (κ2) is 12.9. The average Bonchev–Trinajstić information content (AvgIpc) is 3.63. The van der Waals surface area contributed by atoms with E-state index in [1.165, 1.54) is 55.9 Å². The molecule has 1 aromatic heterocycles. The smallest absolute Gasteiger partial charge is 0.416 e. The van der Waals surface area contributed by atoms with Crippen LogP contribution >= 0.6 is 0 Å². The molecule has 0 N–H and O–H groups in total. The van der Waals surface area contributed by atoms with Crippen LogP contribution in [0.1, 0.15) is 11.1 Å². The van der Waals surface area contributed by atoms with E-state index in [-0.39, 0.29) is 0 Å². The van der Waals surface area contributed by atoms with Crippen LogP contribution < -0.4 is 0 Å². The molecule has 10 aromatic carbocycles. The van der Waals surface area contributed by atoms with Gasteiger partial charge in [-0.25, -0.2) is 0 Å². The van der Waals surface area contributed by atoms with Crippen molar-refractivity contribution in [3.63, 3.8) is 0 Å². The van der Waals surface area contributed by atoms with Gasteiger partial charge in [-0.15, -0.1) is 0 Å². The summed E-state index contributed by atoms with van der Waals surface area (Å²) in [5.74, 6) is 0. The van der Waals surface area contributed by atoms with E-state index in [9.17, 15) is 13.2 Å². The lowest BCUT2D eigenvalue weighted by molar-refractivity contribution is -0.137. The molecule has 11 aromatic rings. The SMILES string of the molecule is Cc1ccc(-c2c3ccccc3c(-c3cccc4oc5cc(-c6c7ccccc7c(-c7ccc(C(F)(F)F)cc7)c7ccccc67)ccc5c34)c3ccccc23)cc1. The number of rotatable bonds is 4. The van der Waals surface area contributed by atoms with Crippen LogP contribution in [0, 0.1) is 6.92 Å². The fourth-order valence-electron chi connectivity index (χ4n) is 9.22. The van der Waals surface area contributed by atoms with Crippen LogP contribution in [0.4, 0.5) is 13.2 Å². The van der Waals surface area contributed by atoms with Gasteiger partial charge in [-0.2, -0.15) is 13.2 Å². The van der Waals surface area contributed by atoms with Crippen molar-refractivity contribution in [3.8, 4) is 44.5 Å². The summed E-state index contributed by atoms with van der Waals surface area (Å²) in [5.41, 5.74) is 10.6. The Bertz CT molecular complexity index is 3310. The first-order valence-electron chi connectivity index (χ1n) is 19.4.